The van der Waals surface area contributed by atoms with Gasteiger partial charge in [0.25, 0.3) is 0 Å². The zero-order valence-electron chi connectivity index (χ0n) is 10.3. The number of methoxy groups -OCH3 is 1. The van der Waals surface area contributed by atoms with Gasteiger partial charge in [0.15, 0.2) is 5.69 Å². The molecule has 7 heteroatoms. The van der Waals surface area contributed by atoms with Crippen LogP contribution in [-0.2, 0) is 4.74 Å². The van der Waals surface area contributed by atoms with Crippen molar-refractivity contribution < 1.29 is 13.9 Å². The Hall–Kier alpha value is -1.66. The highest BCUT2D eigenvalue weighted by Gasteiger charge is 2.18. The Balaban J connectivity index is 2.63. The normalized spacial score (nSPS) is 10.4. The van der Waals surface area contributed by atoms with Gasteiger partial charge < -0.3 is 10.5 Å². The van der Waals surface area contributed by atoms with E-state index in [0.29, 0.717) is 4.47 Å². The summed E-state index contributed by atoms with van der Waals surface area (Å²) >= 11 is 9.07. The summed E-state index contributed by atoms with van der Waals surface area (Å²) in [6.07, 6.45) is 0. The van der Waals surface area contributed by atoms with Crippen LogP contribution < -0.4 is 5.73 Å². The van der Waals surface area contributed by atoms with Gasteiger partial charge in [0.05, 0.1) is 23.5 Å². The van der Waals surface area contributed by atoms with Crippen molar-refractivity contribution in [2.24, 2.45) is 0 Å². The van der Waals surface area contributed by atoms with Crippen LogP contribution in [0.4, 0.5) is 10.1 Å². The standard InChI is InChI=1S/C13H9BrClFN2O2/c1-20-13(19)12-11(15)9(17)5-10(18-12)7-3-2-6(14)4-8(7)16/h2-5H,1H3,(H2,17,18). The molecule has 0 aliphatic rings. The highest BCUT2D eigenvalue weighted by atomic mass is 79.9. The molecule has 0 aliphatic carbocycles. The van der Waals surface area contributed by atoms with Gasteiger partial charge in [0, 0.05) is 10.0 Å². The number of benzene rings is 1. The Morgan fingerprint density at radius 2 is 2.15 bits per heavy atom. The number of ether oxygens (including phenoxy) is 1. The van der Waals surface area contributed by atoms with E-state index in [0.717, 1.165) is 0 Å². The molecule has 0 unspecified atom stereocenters. The van der Waals surface area contributed by atoms with Crippen molar-refractivity contribution in [1.82, 2.24) is 4.98 Å². The van der Waals surface area contributed by atoms with E-state index in [9.17, 15) is 9.18 Å². The number of esters is 1. The van der Waals surface area contributed by atoms with Crippen LogP contribution in [0.15, 0.2) is 28.7 Å². The van der Waals surface area contributed by atoms with Gasteiger partial charge in [-0.3, -0.25) is 0 Å². The summed E-state index contributed by atoms with van der Waals surface area (Å²) in [4.78, 5) is 15.6. The minimum Gasteiger partial charge on any atom is -0.464 e. The van der Waals surface area contributed by atoms with Crippen molar-refractivity contribution in [3.05, 3.63) is 45.3 Å². The van der Waals surface area contributed by atoms with Gasteiger partial charge in [-0.05, 0) is 24.3 Å². The molecule has 0 amide bonds. The number of rotatable bonds is 2. The minimum atomic E-state index is -0.735. The first-order valence-electron chi connectivity index (χ1n) is 5.43. The lowest BCUT2D eigenvalue weighted by Crippen LogP contribution is -2.08. The van der Waals surface area contributed by atoms with Crippen molar-refractivity contribution in [3.8, 4) is 11.3 Å². The van der Waals surface area contributed by atoms with Crippen LogP contribution in [0.25, 0.3) is 11.3 Å². The topological polar surface area (TPSA) is 65.2 Å². The number of nitrogens with zero attached hydrogens (tertiary/aromatic N) is 1. The molecule has 0 aliphatic heterocycles. The molecule has 0 bridgehead atoms. The predicted octanol–water partition coefficient (Wildman–Crippen LogP) is 3.67. The molecule has 1 heterocycles. The maximum Gasteiger partial charge on any atom is 0.358 e. The Morgan fingerprint density at radius 1 is 1.45 bits per heavy atom. The largest absolute Gasteiger partial charge is 0.464 e. The monoisotopic (exact) mass is 358 g/mol. The fourth-order valence-corrected chi connectivity index (χ4v) is 2.12. The number of pyridine rings is 1. The van der Waals surface area contributed by atoms with Crippen LogP contribution in [0.1, 0.15) is 10.5 Å². The molecule has 104 valence electrons. The lowest BCUT2D eigenvalue weighted by atomic mass is 10.1. The Kier molecular flexibility index (Phi) is 4.25. The first-order chi connectivity index (χ1) is 9.43. The number of aromatic nitrogens is 1. The number of carbonyl (C=O) groups is 1. The highest BCUT2D eigenvalue weighted by Crippen LogP contribution is 2.30. The van der Waals surface area contributed by atoms with Crippen LogP contribution in [0, 0.1) is 5.82 Å². The lowest BCUT2D eigenvalue weighted by Gasteiger charge is -2.09. The number of hydrogen-bond acceptors (Lipinski definition) is 4. The third-order valence-corrected chi connectivity index (χ3v) is 3.46. The van der Waals surface area contributed by atoms with Crippen molar-refractivity contribution in [3.63, 3.8) is 0 Å². The molecule has 0 saturated carbocycles. The van der Waals surface area contributed by atoms with Crippen LogP contribution in [0.3, 0.4) is 0 Å². The van der Waals surface area contributed by atoms with Crippen molar-refractivity contribution in [2.75, 3.05) is 12.8 Å². The molecular weight excluding hydrogens is 351 g/mol. The van der Waals surface area contributed by atoms with Crippen LogP contribution >= 0.6 is 27.5 Å². The van der Waals surface area contributed by atoms with E-state index >= 15 is 0 Å². The lowest BCUT2D eigenvalue weighted by molar-refractivity contribution is 0.0594. The molecule has 0 saturated heterocycles. The first kappa shape index (κ1) is 14.7. The van der Waals surface area contributed by atoms with E-state index in [4.69, 9.17) is 17.3 Å². The van der Waals surface area contributed by atoms with E-state index in [-0.39, 0.29) is 27.7 Å². The second-order valence-electron chi connectivity index (χ2n) is 3.88. The first-order valence-corrected chi connectivity index (χ1v) is 6.61. The molecule has 20 heavy (non-hydrogen) atoms. The quantitative estimate of drug-likeness (QED) is 0.831. The van der Waals surface area contributed by atoms with Gasteiger partial charge in [0.2, 0.25) is 0 Å². The van der Waals surface area contributed by atoms with Gasteiger partial charge in [-0.15, -0.1) is 0 Å². The van der Waals surface area contributed by atoms with E-state index in [1.54, 1.807) is 6.07 Å². The van der Waals surface area contributed by atoms with Gasteiger partial charge >= 0.3 is 5.97 Å². The van der Waals surface area contributed by atoms with E-state index < -0.39 is 11.8 Å². The Bertz CT molecular complexity index is 694. The number of nitrogens with two attached hydrogens (primary N) is 1. The molecule has 0 fully saturated rings. The highest BCUT2D eigenvalue weighted by molar-refractivity contribution is 9.10. The zero-order chi connectivity index (χ0) is 14.9. The summed E-state index contributed by atoms with van der Waals surface area (Å²) in [6, 6.07) is 5.87. The number of hydrogen-bond donors (Lipinski definition) is 1. The molecule has 1 aromatic heterocycles. The van der Waals surface area contributed by atoms with E-state index in [2.05, 4.69) is 25.7 Å². The van der Waals surface area contributed by atoms with E-state index in [1.807, 2.05) is 0 Å². The second-order valence-corrected chi connectivity index (χ2v) is 5.17. The van der Waals surface area contributed by atoms with Crippen molar-refractivity contribution in [1.29, 1.82) is 0 Å². The fourth-order valence-electron chi connectivity index (χ4n) is 1.62. The van der Waals surface area contributed by atoms with Gasteiger partial charge in [0.1, 0.15) is 5.82 Å². The fraction of sp³-hybridized carbons (Fsp3) is 0.0769. The zero-order valence-corrected chi connectivity index (χ0v) is 12.6. The van der Waals surface area contributed by atoms with Gasteiger partial charge in [-0.1, -0.05) is 27.5 Å². The smallest absolute Gasteiger partial charge is 0.358 e. The number of nitrogen functional groups attached to an aromatic ring is 1. The molecule has 4 nitrogen and oxygen atoms in total. The Labute approximate surface area is 127 Å². The minimum absolute atomic E-state index is 0.0156. The predicted molar refractivity (Wildman–Crippen MR) is 78.1 cm³/mol. The van der Waals surface area contributed by atoms with Crippen LogP contribution in [0.2, 0.25) is 5.02 Å². The maximum atomic E-state index is 13.9. The molecule has 1 aromatic carbocycles. The number of anilines is 1. The van der Waals surface area contributed by atoms with E-state index in [1.165, 1.54) is 25.3 Å². The molecule has 2 rings (SSSR count). The molecule has 0 spiro atoms. The van der Waals surface area contributed by atoms with Crippen molar-refractivity contribution in [2.45, 2.75) is 0 Å². The summed E-state index contributed by atoms with van der Waals surface area (Å²) in [5.74, 6) is -1.23. The summed E-state index contributed by atoms with van der Waals surface area (Å²) in [7, 11) is 1.20. The third-order valence-electron chi connectivity index (χ3n) is 2.57. The number of halogens is 3. The van der Waals surface area contributed by atoms with Crippen molar-refractivity contribution >= 4 is 39.2 Å². The molecular formula is C13H9BrClFN2O2. The molecule has 0 radical (unpaired) electrons. The molecule has 2 N–H and O–H groups in total. The number of carbonyl (C=O) groups excluding carboxylic acids is 1. The third kappa shape index (κ3) is 2.76. The summed E-state index contributed by atoms with van der Waals surface area (Å²) in [5.41, 5.74) is 6.11. The SMILES string of the molecule is COC(=O)c1nc(-c2ccc(Br)cc2F)cc(N)c1Cl. The summed E-state index contributed by atoms with van der Waals surface area (Å²) < 4.78 is 19.1. The maximum absolute atomic E-state index is 13.9. The molecule has 0 atom stereocenters. The van der Waals surface area contributed by atoms with Crippen LogP contribution in [0.5, 0.6) is 0 Å². The summed E-state index contributed by atoms with van der Waals surface area (Å²) in [5, 5.41) is -0.0156. The summed E-state index contributed by atoms with van der Waals surface area (Å²) in [6.45, 7) is 0. The molecule has 2 aromatic rings. The van der Waals surface area contributed by atoms with Gasteiger partial charge in [-0.2, -0.15) is 0 Å². The Morgan fingerprint density at radius 3 is 2.75 bits per heavy atom. The second kappa shape index (κ2) is 5.76. The van der Waals surface area contributed by atoms with Crippen LogP contribution in [-0.4, -0.2) is 18.1 Å². The van der Waals surface area contributed by atoms with Gasteiger partial charge in [-0.25, -0.2) is 14.2 Å². The average Bonchev–Trinajstić information content (AvgIpc) is 2.41. The average molecular weight is 360 g/mol.